The van der Waals surface area contributed by atoms with E-state index in [0.717, 1.165) is 5.56 Å². The van der Waals surface area contributed by atoms with E-state index in [1.54, 1.807) is 12.4 Å². The van der Waals surface area contributed by atoms with Crippen molar-refractivity contribution < 1.29 is 14.4 Å². The van der Waals surface area contributed by atoms with Gasteiger partial charge < -0.3 is 14.4 Å². The molecule has 3 aromatic rings. The van der Waals surface area contributed by atoms with E-state index in [9.17, 15) is 5.11 Å². The molecule has 4 heterocycles. The van der Waals surface area contributed by atoms with Crippen LogP contribution in [-0.2, 0) is 6.42 Å². The highest BCUT2D eigenvalue weighted by Gasteiger charge is 2.36. The first-order chi connectivity index (χ1) is 11.0. The molecule has 23 heavy (non-hydrogen) atoms. The van der Waals surface area contributed by atoms with Gasteiger partial charge in [-0.25, -0.2) is 9.97 Å². The van der Waals surface area contributed by atoms with Gasteiger partial charge in [0.05, 0.1) is 11.7 Å². The minimum absolute atomic E-state index is 0.366. The highest BCUT2D eigenvalue weighted by Crippen LogP contribution is 2.34. The van der Waals surface area contributed by atoms with E-state index in [1.165, 1.54) is 11.3 Å². The number of aliphatic hydroxyl groups is 1. The normalized spacial score (nSPS) is 19.2. The van der Waals surface area contributed by atoms with Gasteiger partial charge in [0.15, 0.2) is 5.01 Å². The number of fused-ring (bicyclic) bond motifs is 1. The first-order valence-electron chi connectivity index (χ1n) is 7.13. The van der Waals surface area contributed by atoms with Crippen LogP contribution in [0.15, 0.2) is 28.4 Å². The lowest BCUT2D eigenvalue weighted by Crippen LogP contribution is -2.46. The molecule has 0 aliphatic carbocycles. The smallest absolute Gasteiger partial charge is 0.259 e. The Bertz CT molecular complexity index is 844. The summed E-state index contributed by atoms with van der Waals surface area (Å²) in [6.45, 7) is 3.68. The Labute approximate surface area is 136 Å². The van der Waals surface area contributed by atoms with Crippen LogP contribution in [0.4, 0.5) is 0 Å². The van der Waals surface area contributed by atoms with Gasteiger partial charge in [0, 0.05) is 29.8 Å². The molecule has 1 aliphatic heterocycles. The highest BCUT2D eigenvalue weighted by molar-refractivity contribution is 7.12. The molecule has 118 valence electrons. The number of hydrogen-bond donors (Lipinski definition) is 1. The molecule has 1 aliphatic rings. The SMILES string of the molecule is CC1(C)Oc2ncc(-c3nc(-c4nccs4)no3)cc2C[C@@H]1O. The molecule has 1 N–H and O–H groups in total. The van der Waals surface area contributed by atoms with Crippen molar-refractivity contribution in [1.29, 1.82) is 0 Å². The molecule has 4 rings (SSSR count). The van der Waals surface area contributed by atoms with Gasteiger partial charge in [-0.05, 0) is 19.9 Å². The Morgan fingerprint density at radius 2 is 2.22 bits per heavy atom. The third-order valence-electron chi connectivity index (χ3n) is 3.80. The summed E-state index contributed by atoms with van der Waals surface area (Å²) in [6, 6.07) is 1.86. The Morgan fingerprint density at radius 3 is 3.00 bits per heavy atom. The minimum Gasteiger partial charge on any atom is -0.469 e. The number of hydrogen-bond acceptors (Lipinski definition) is 8. The molecule has 0 bridgehead atoms. The zero-order chi connectivity index (χ0) is 16.0. The maximum absolute atomic E-state index is 10.2. The van der Waals surface area contributed by atoms with Crippen LogP contribution in [0.1, 0.15) is 19.4 Å². The lowest BCUT2D eigenvalue weighted by Gasteiger charge is -2.36. The highest BCUT2D eigenvalue weighted by atomic mass is 32.1. The van der Waals surface area contributed by atoms with Crippen molar-refractivity contribution in [1.82, 2.24) is 20.1 Å². The molecular weight excluding hydrogens is 316 g/mol. The maximum Gasteiger partial charge on any atom is 0.259 e. The number of ether oxygens (including phenoxy) is 1. The van der Waals surface area contributed by atoms with Crippen LogP contribution in [0.25, 0.3) is 22.3 Å². The average molecular weight is 330 g/mol. The van der Waals surface area contributed by atoms with Gasteiger partial charge in [0.2, 0.25) is 11.7 Å². The summed E-state index contributed by atoms with van der Waals surface area (Å²) in [5, 5.41) is 16.7. The first kappa shape index (κ1) is 14.3. The molecule has 0 saturated carbocycles. The van der Waals surface area contributed by atoms with Crippen molar-refractivity contribution in [2.45, 2.75) is 32.0 Å². The second-order valence-corrected chi connectivity index (χ2v) is 6.77. The molecule has 0 aromatic carbocycles. The van der Waals surface area contributed by atoms with Crippen molar-refractivity contribution in [2.24, 2.45) is 0 Å². The fourth-order valence-corrected chi connectivity index (χ4v) is 2.95. The summed E-state index contributed by atoms with van der Waals surface area (Å²) in [7, 11) is 0. The van der Waals surface area contributed by atoms with E-state index in [2.05, 4.69) is 20.1 Å². The van der Waals surface area contributed by atoms with Gasteiger partial charge in [-0.15, -0.1) is 11.3 Å². The number of aromatic nitrogens is 4. The van der Waals surface area contributed by atoms with Crippen LogP contribution in [-0.4, -0.2) is 36.9 Å². The number of rotatable bonds is 2. The van der Waals surface area contributed by atoms with E-state index in [0.29, 0.717) is 34.6 Å². The fourth-order valence-electron chi connectivity index (χ4n) is 2.39. The monoisotopic (exact) mass is 330 g/mol. The Kier molecular flexibility index (Phi) is 3.17. The molecule has 0 fully saturated rings. The lowest BCUT2D eigenvalue weighted by molar-refractivity contribution is -0.0442. The summed E-state index contributed by atoms with van der Waals surface area (Å²) < 4.78 is 11.0. The van der Waals surface area contributed by atoms with Gasteiger partial charge in [0.1, 0.15) is 5.60 Å². The Hall–Kier alpha value is -2.32. The predicted molar refractivity (Wildman–Crippen MR) is 83.1 cm³/mol. The predicted octanol–water partition coefficient (Wildman–Crippen LogP) is 2.33. The van der Waals surface area contributed by atoms with Crippen molar-refractivity contribution >= 4 is 11.3 Å². The minimum atomic E-state index is -0.649. The van der Waals surface area contributed by atoms with Crippen LogP contribution in [0.5, 0.6) is 5.88 Å². The third-order valence-corrected chi connectivity index (χ3v) is 4.57. The number of nitrogens with zero attached hydrogens (tertiary/aromatic N) is 4. The molecular formula is C15H14N4O3S. The second kappa shape index (κ2) is 5.10. The molecule has 8 heteroatoms. The molecule has 1 atom stereocenters. The molecule has 0 amide bonds. The standard InChI is InChI=1S/C15H14N4O3S/c1-15(2)10(20)6-8-5-9(7-17-12(8)21-15)13-18-11(19-22-13)14-16-3-4-23-14/h3-5,7,10,20H,6H2,1-2H3/t10-/m0/s1. The van der Waals surface area contributed by atoms with Gasteiger partial charge in [-0.1, -0.05) is 5.16 Å². The Balaban J connectivity index is 1.68. The van der Waals surface area contributed by atoms with Crippen LogP contribution < -0.4 is 4.74 Å². The van der Waals surface area contributed by atoms with Crippen molar-refractivity contribution in [2.75, 3.05) is 0 Å². The summed E-state index contributed by atoms with van der Waals surface area (Å²) in [5.74, 6) is 1.35. The van der Waals surface area contributed by atoms with E-state index in [4.69, 9.17) is 9.26 Å². The number of thiazole rings is 1. The average Bonchev–Trinajstić information content (AvgIpc) is 3.18. The summed E-state index contributed by atoms with van der Waals surface area (Å²) in [5.41, 5.74) is 0.863. The van der Waals surface area contributed by atoms with Gasteiger partial charge in [-0.3, -0.25) is 0 Å². The van der Waals surface area contributed by atoms with Crippen LogP contribution >= 0.6 is 11.3 Å². The van der Waals surface area contributed by atoms with Gasteiger partial charge in [-0.2, -0.15) is 4.98 Å². The zero-order valence-corrected chi connectivity index (χ0v) is 13.4. The van der Waals surface area contributed by atoms with E-state index >= 15 is 0 Å². The van der Waals surface area contributed by atoms with Crippen LogP contribution in [0, 0.1) is 0 Å². The van der Waals surface area contributed by atoms with Gasteiger partial charge in [0.25, 0.3) is 5.89 Å². The van der Waals surface area contributed by atoms with Crippen LogP contribution in [0.3, 0.4) is 0 Å². The zero-order valence-electron chi connectivity index (χ0n) is 12.6. The summed E-state index contributed by atoms with van der Waals surface area (Å²) in [4.78, 5) is 12.8. The lowest BCUT2D eigenvalue weighted by atomic mass is 9.92. The van der Waals surface area contributed by atoms with Crippen molar-refractivity contribution in [3.63, 3.8) is 0 Å². The van der Waals surface area contributed by atoms with E-state index in [1.807, 2.05) is 25.3 Å². The Morgan fingerprint density at radius 1 is 1.35 bits per heavy atom. The molecule has 0 spiro atoms. The number of aliphatic hydroxyl groups excluding tert-OH is 1. The molecule has 0 unspecified atom stereocenters. The number of pyridine rings is 1. The van der Waals surface area contributed by atoms with E-state index in [-0.39, 0.29) is 0 Å². The summed E-state index contributed by atoms with van der Waals surface area (Å²) >= 11 is 1.44. The molecule has 7 nitrogen and oxygen atoms in total. The maximum atomic E-state index is 10.2. The molecule has 0 radical (unpaired) electrons. The molecule has 0 saturated heterocycles. The third kappa shape index (κ3) is 2.49. The van der Waals surface area contributed by atoms with Crippen molar-refractivity contribution in [3.05, 3.63) is 29.4 Å². The van der Waals surface area contributed by atoms with Crippen LogP contribution in [0.2, 0.25) is 0 Å². The quantitative estimate of drug-likeness (QED) is 0.770. The topological polar surface area (TPSA) is 94.2 Å². The van der Waals surface area contributed by atoms with Gasteiger partial charge >= 0.3 is 0 Å². The van der Waals surface area contributed by atoms with Crippen molar-refractivity contribution in [3.8, 4) is 28.2 Å². The second-order valence-electron chi connectivity index (χ2n) is 5.87. The summed E-state index contributed by atoms with van der Waals surface area (Å²) in [6.07, 6.45) is 3.19. The van der Waals surface area contributed by atoms with E-state index < -0.39 is 11.7 Å². The molecule has 3 aromatic heterocycles. The fraction of sp³-hybridized carbons (Fsp3) is 0.333. The largest absolute Gasteiger partial charge is 0.469 e. The first-order valence-corrected chi connectivity index (χ1v) is 8.01.